The number of methoxy groups -OCH3 is 1. The van der Waals surface area contributed by atoms with Gasteiger partial charge in [-0.2, -0.15) is 0 Å². The first-order valence-electron chi connectivity index (χ1n) is 9.69. The Hall–Kier alpha value is -2.77. The molecule has 2 atom stereocenters. The smallest absolute Gasteiger partial charge is 0.308 e. The summed E-state index contributed by atoms with van der Waals surface area (Å²) in [4.78, 5) is 24.8. The predicted octanol–water partition coefficient (Wildman–Crippen LogP) is 4.13. The zero-order chi connectivity index (χ0) is 21.7. The maximum absolute atomic E-state index is 12.8. The van der Waals surface area contributed by atoms with Crippen molar-refractivity contribution in [1.29, 1.82) is 0 Å². The molecule has 160 valence electrons. The van der Waals surface area contributed by atoms with Gasteiger partial charge < -0.3 is 24.3 Å². The third-order valence-corrected chi connectivity index (χ3v) is 4.84. The van der Waals surface area contributed by atoms with Gasteiger partial charge in [-0.1, -0.05) is 23.7 Å². The zero-order valence-corrected chi connectivity index (χ0v) is 17.8. The average molecular weight is 434 g/mol. The first-order chi connectivity index (χ1) is 14.5. The molecular weight excluding hydrogens is 410 g/mol. The van der Waals surface area contributed by atoms with Crippen molar-refractivity contribution < 1.29 is 28.5 Å². The lowest BCUT2D eigenvalue weighted by atomic mass is 9.98. The van der Waals surface area contributed by atoms with Crippen molar-refractivity contribution in [2.75, 3.05) is 25.6 Å². The van der Waals surface area contributed by atoms with E-state index in [1.54, 1.807) is 31.2 Å². The minimum Gasteiger partial charge on any atom is -0.492 e. The number of para-hydroxylation sites is 1. The fourth-order valence-electron chi connectivity index (χ4n) is 3.36. The van der Waals surface area contributed by atoms with Crippen LogP contribution in [0.3, 0.4) is 0 Å². The van der Waals surface area contributed by atoms with Gasteiger partial charge in [0.15, 0.2) is 11.5 Å². The molecule has 1 aliphatic heterocycles. The van der Waals surface area contributed by atoms with Gasteiger partial charge in [-0.05, 0) is 38.1 Å². The molecule has 0 bridgehead atoms. The Kier molecular flexibility index (Phi) is 7.18. The molecule has 1 amide bonds. The van der Waals surface area contributed by atoms with Gasteiger partial charge in [0.25, 0.3) is 5.91 Å². The Balaban J connectivity index is 2.10. The molecule has 3 rings (SSSR count). The molecule has 8 heteroatoms. The van der Waals surface area contributed by atoms with E-state index in [0.717, 1.165) is 0 Å². The summed E-state index contributed by atoms with van der Waals surface area (Å²) in [5.74, 6) is 0.0825. The molecule has 0 aromatic heterocycles. The number of carbonyl (C=O) groups excluding carboxylic acids is 2. The van der Waals surface area contributed by atoms with Crippen LogP contribution in [0.2, 0.25) is 5.02 Å². The monoisotopic (exact) mass is 433 g/mol. The van der Waals surface area contributed by atoms with Gasteiger partial charge in [0.05, 0.1) is 26.7 Å². The SMILES string of the molecule is CCOC(=O)CC1OC(c2cccc(OCC)c2OC)c2cc(Cl)ccc2NC1=O. The summed E-state index contributed by atoms with van der Waals surface area (Å²) >= 11 is 6.24. The lowest BCUT2D eigenvalue weighted by molar-refractivity contribution is -0.150. The molecule has 2 aromatic rings. The molecule has 0 spiro atoms. The van der Waals surface area contributed by atoms with Crippen molar-refractivity contribution in [3.05, 3.63) is 52.5 Å². The Morgan fingerprint density at radius 2 is 1.97 bits per heavy atom. The minimum atomic E-state index is -1.05. The van der Waals surface area contributed by atoms with Gasteiger partial charge in [0.2, 0.25) is 0 Å². The van der Waals surface area contributed by atoms with Crippen LogP contribution in [-0.4, -0.2) is 38.3 Å². The highest BCUT2D eigenvalue weighted by Gasteiger charge is 2.35. The first kappa shape index (κ1) is 21.9. The number of fused-ring (bicyclic) bond motifs is 1. The van der Waals surface area contributed by atoms with Crippen LogP contribution < -0.4 is 14.8 Å². The number of hydrogen-bond acceptors (Lipinski definition) is 6. The van der Waals surface area contributed by atoms with E-state index in [2.05, 4.69) is 5.32 Å². The highest BCUT2D eigenvalue weighted by atomic mass is 35.5. The molecule has 0 radical (unpaired) electrons. The summed E-state index contributed by atoms with van der Waals surface area (Å²) in [7, 11) is 1.54. The summed E-state index contributed by atoms with van der Waals surface area (Å²) in [6, 6.07) is 10.5. The van der Waals surface area contributed by atoms with Crippen LogP contribution in [0.4, 0.5) is 5.69 Å². The van der Waals surface area contributed by atoms with Gasteiger partial charge in [0.1, 0.15) is 12.2 Å². The van der Waals surface area contributed by atoms with Crippen LogP contribution in [0.25, 0.3) is 0 Å². The highest BCUT2D eigenvalue weighted by Crippen LogP contribution is 2.43. The van der Waals surface area contributed by atoms with E-state index < -0.39 is 24.1 Å². The summed E-state index contributed by atoms with van der Waals surface area (Å²) in [5, 5.41) is 3.31. The molecule has 0 aliphatic carbocycles. The average Bonchev–Trinajstić information content (AvgIpc) is 2.85. The van der Waals surface area contributed by atoms with Crippen molar-refractivity contribution in [2.45, 2.75) is 32.5 Å². The quantitative estimate of drug-likeness (QED) is 0.661. The van der Waals surface area contributed by atoms with Crippen molar-refractivity contribution in [2.24, 2.45) is 0 Å². The fraction of sp³-hybridized carbons (Fsp3) is 0.364. The molecule has 7 nitrogen and oxygen atoms in total. The number of nitrogens with one attached hydrogen (secondary N) is 1. The minimum absolute atomic E-state index is 0.217. The number of esters is 1. The van der Waals surface area contributed by atoms with Crippen LogP contribution in [0.1, 0.15) is 37.5 Å². The molecule has 2 aromatic carbocycles. The van der Waals surface area contributed by atoms with Crippen molar-refractivity contribution in [3.8, 4) is 11.5 Å². The molecule has 30 heavy (non-hydrogen) atoms. The second-order valence-corrected chi connectivity index (χ2v) is 6.98. The van der Waals surface area contributed by atoms with Gasteiger partial charge in [-0.25, -0.2) is 0 Å². The van der Waals surface area contributed by atoms with Gasteiger partial charge in [-0.15, -0.1) is 0 Å². The van der Waals surface area contributed by atoms with E-state index in [1.165, 1.54) is 7.11 Å². The second kappa shape index (κ2) is 9.82. The third kappa shape index (κ3) is 4.68. The van der Waals surface area contributed by atoms with Crippen LogP contribution in [-0.2, 0) is 19.1 Å². The molecule has 1 N–H and O–H groups in total. The van der Waals surface area contributed by atoms with E-state index in [1.807, 2.05) is 19.1 Å². The molecule has 0 saturated carbocycles. The van der Waals surface area contributed by atoms with E-state index in [0.29, 0.717) is 39.9 Å². The summed E-state index contributed by atoms with van der Waals surface area (Å²) in [5.41, 5.74) is 1.84. The molecule has 0 saturated heterocycles. The van der Waals surface area contributed by atoms with Gasteiger partial charge >= 0.3 is 5.97 Å². The zero-order valence-electron chi connectivity index (χ0n) is 17.1. The number of rotatable bonds is 7. The second-order valence-electron chi connectivity index (χ2n) is 6.55. The maximum atomic E-state index is 12.8. The Morgan fingerprint density at radius 3 is 2.67 bits per heavy atom. The maximum Gasteiger partial charge on any atom is 0.308 e. The third-order valence-electron chi connectivity index (χ3n) is 4.60. The normalized spacial score (nSPS) is 18.1. The molecular formula is C22H24ClNO6. The Labute approximate surface area is 180 Å². The molecule has 1 aliphatic rings. The van der Waals surface area contributed by atoms with Crippen molar-refractivity contribution >= 4 is 29.2 Å². The van der Waals surface area contributed by atoms with Crippen LogP contribution in [0, 0.1) is 0 Å². The van der Waals surface area contributed by atoms with Crippen molar-refractivity contribution in [3.63, 3.8) is 0 Å². The summed E-state index contributed by atoms with van der Waals surface area (Å²) < 4.78 is 22.5. The van der Waals surface area contributed by atoms with Crippen LogP contribution >= 0.6 is 11.6 Å². The van der Waals surface area contributed by atoms with Crippen LogP contribution in [0.15, 0.2) is 36.4 Å². The number of hydrogen-bond donors (Lipinski definition) is 1. The lowest BCUT2D eigenvalue weighted by Gasteiger charge is -2.24. The largest absolute Gasteiger partial charge is 0.492 e. The molecule has 1 heterocycles. The summed E-state index contributed by atoms with van der Waals surface area (Å²) in [6.07, 6.45) is -2.00. The Morgan fingerprint density at radius 1 is 1.17 bits per heavy atom. The number of benzene rings is 2. The van der Waals surface area contributed by atoms with Gasteiger partial charge in [-0.3, -0.25) is 9.59 Å². The Bertz CT molecular complexity index is 932. The number of carbonyl (C=O) groups is 2. The lowest BCUT2D eigenvalue weighted by Crippen LogP contribution is -2.32. The fourth-order valence-corrected chi connectivity index (χ4v) is 3.54. The van der Waals surface area contributed by atoms with Gasteiger partial charge in [0, 0.05) is 21.8 Å². The molecule has 0 fully saturated rings. The van der Waals surface area contributed by atoms with E-state index in [9.17, 15) is 9.59 Å². The van der Waals surface area contributed by atoms with Crippen LogP contribution in [0.5, 0.6) is 11.5 Å². The standard InChI is InChI=1S/C22H24ClNO6/c1-4-28-17-8-6-7-14(21(17)27-3)20-15-11-13(23)9-10-16(15)24-22(26)18(30-20)12-19(25)29-5-2/h6-11,18,20H,4-5,12H2,1-3H3,(H,24,26). The van der Waals surface area contributed by atoms with E-state index >= 15 is 0 Å². The number of halogens is 1. The highest BCUT2D eigenvalue weighted by molar-refractivity contribution is 6.30. The topological polar surface area (TPSA) is 83.1 Å². The first-order valence-corrected chi connectivity index (χ1v) is 10.1. The van der Waals surface area contributed by atoms with E-state index in [4.69, 9.17) is 30.5 Å². The number of amides is 1. The molecule has 2 unspecified atom stereocenters. The number of anilines is 1. The van der Waals surface area contributed by atoms with Crippen molar-refractivity contribution in [1.82, 2.24) is 0 Å². The van der Waals surface area contributed by atoms with E-state index in [-0.39, 0.29) is 13.0 Å². The summed E-state index contributed by atoms with van der Waals surface area (Å²) in [6.45, 7) is 4.26. The predicted molar refractivity (Wildman–Crippen MR) is 112 cm³/mol. The number of ether oxygens (including phenoxy) is 4.